The highest BCUT2D eigenvalue weighted by atomic mass is 19.1. The van der Waals surface area contributed by atoms with Crippen molar-refractivity contribution in [1.82, 2.24) is 4.90 Å². The number of anilines is 1. The van der Waals surface area contributed by atoms with Crippen LogP contribution in [0.4, 0.5) is 10.1 Å². The van der Waals surface area contributed by atoms with Gasteiger partial charge in [0.2, 0.25) is 0 Å². The molecule has 0 fully saturated rings. The molecule has 0 saturated carbocycles. The molecule has 0 aromatic heterocycles. The molecule has 0 aliphatic carbocycles. The molecule has 0 radical (unpaired) electrons. The number of halogens is 1. The van der Waals surface area contributed by atoms with Crippen LogP contribution in [0.1, 0.15) is 40.4 Å². The molecule has 7 heteroatoms. The van der Waals surface area contributed by atoms with Crippen molar-refractivity contribution in [3.8, 4) is 11.8 Å². The fourth-order valence-corrected chi connectivity index (χ4v) is 3.71. The Balaban J connectivity index is 1.58. The van der Waals surface area contributed by atoms with Crippen molar-refractivity contribution in [2.45, 2.75) is 32.5 Å². The van der Waals surface area contributed by atoms with Crippen LogP contribution in [-0.2, 0) is 17.9 Å². The summed E-state index contributed by atoms with van der Waals surface area (Å²) in [6.45, 7) is 2.20. The predicted octanol–water partition coefficient (Wildman–Crippen LogP) is 4.65. The van der Waals surface area contributed by atoms with E-state index in [9.17, 15) is 14.0 Å². The number of fused-ring (bicyclic) bond motifs is 1. The van der Waals surface area contributed by atoms with Crippen LogP contribution in [0.5, 0.6) is 5.75 Å². The maximum atomic E-state index is 14.2. The van der Waals surface area contributed by atoms with Gasteiger partial charge in [0.25, 0.3) is 11.8 Å². The highest BCUT2D eigenvalue weighted by molar-refractivity contribution is 6.04. The zero-order valence-electron chi connectivity index (χ0n) is 18.0. The van der Waals surface area contributed by atoms with Crippen molar-refractivity contribution in [3.05, 3.63) is 94.8 Å². The molecule has 0 bridgehead atoms. The number of nitrogens with zero attached hydrogens (tertiary/aromatic N) is 2. The molecule has 33 heavy (non-hydrogen) atoms. The first-order chi connectivity index (χ1) is 16.0. The largest absolute Gasteiger partial charge is 0.480 e. The molecule has 0 spiro atoms. The standard InChI is InChI=1S/C26H22FN3O3/c1-2-23-26(32)30(15-19-5-3-4-6-22(19)27)16-20-13-21(11-12-24(20)33-23)29-25(31)18-9-7-17(14-28)8-10-18/h3-13,23H,2,15-16H2,1H3,(H,29,31). The maximum Gasteiger partial charge on any atom is 0.264 e. The van der Waals surface area contributed by atoms with Crippen molar-refractivity contribution >= 4 is 17.5 Å². The molecule has 1 heterocycles. The summed E-state index contributed by atoms with van der Waals surface area (Å²) in [6.07, 6.45) is -0.194. The second-order valence-electron chi connectivity index (χ2n) is 7.77. The molecule has 3 aromatic carbocycles. The van der Waals surface area contributed by atoms with E-state index in [1.165, 1.54) is 6.07 Å². The smallest absolute Gasteiger partial charge is 0.264 e. The Labute approximate surface area is 191 Å². The van der Waals surface area contributed by atoms with Crippen molar-refractivity contribution in [1.29, 1.82) is 5.26 Å². The monoisotopic (exact) mass is 443 g/mol. The number of nitriles is 1. The van der Waals surface area contributed by atoms with E-state index >= 15 is 0 Å². The fraction of sp³-hybridized carbons (Fsp3) is 0.192. The Morgan fingerprint density at radius 2 is 1.94 bits per heavy atom. The fourth-order valence-electron chi connectivity index (χ4n) is 3.71. The van der Waals surface area contributed by atoms with Crippen LogP contribution in [-0.4, -0.2) is 22.8 Å². The Kier molecular flexibility index (Phi) is 6.36. The van der Waals surface area contributed by atoms with Gasteiger partial charge in [-0.3, -0.25) is 9.59 Å². The van der Waals surface area contributed by atoms with Gasteiger partial charge in [-0.1, -0.05) is 25.1 Å². The minimum atomic E-state index is -0.669. The summed E-state index contributed by atoms with van der Waals surface area (Å²) in [5.41, 5.74) is 2.57. The summed E-state index contributed by atoms with van der Waals surface area (Å²) in [6, 6.07) is 19.9. The molecule has 4 rings (SSSR count). The number of amides is 2. The third kappa shape index (κ3) is 4.85. The van der Waals surface area contributed by atoms with Crippen molar-refractivity contribution in [2.24, 2.45) is 0 Å². The van der Waals surface area contributed by atoms with Gasteiger partial charge in [-0.2, -0.15) is 5.26 Å². The number of benzene rings is 3. The molecule has 0 saturated heterocycles. The SMILES string of the molecule is CCC1Oc2ccc(NC(=O)c3ccc(C#N)cc3)cc2CN(Cc2ccccc2F)C1=O. The summed E-state index contributed by atoms with van der Waals surface area (Å²) in [7, 11) is 0. The number of nitrogens with one attached hydrogen (secondary N) is 1. The molecule has 166 valence electrons. The first-order valence-corrected chi connectivity index (χ1v) is 10.6. The Hall–Kier alpha value is -4.18. The van der Waals surface area contributed by atoms with Gasteiger partial charge in [-0.15, -0.1) is 0 Å². The summed E-state index contributed by atoms with van der Waals surface area (Å²) < 4.78 is 20.2. The topological polar surface area (TPSA) is 82.4 Å². The lowest BCUT2D eigenvalue weighted by Crippen LogP contribution is -2.39. The number of ether oxygens (including phenoxy) is 1. The summed E-state index contributed by atoms with van der Waals surface area (Å²) >= 11 is 0. The van der Waals surface area contributed by atoms with Gasteiger partial charge in [0, 0.05) is 35.5 Å². The number of hydrogen-bond acceptors (Lipinski definition) is 4. The van der Waals surface area contributed by atoms with E-state index in [-0.39, 0.29) is 30.7 Å². The van der Waals surface area contributed by atoms with E-state index in [2.05, 4.69) is 5.32 Å². The number of hydrogen-bond donors (Lipinski definition) is 1. The summed E-state index contributed by atoms with van der Waals surface area (Å²) in [5.74, 6) is -0.338. The van der Waals surface area contributed by atoms with Gasteiger partial charge >= 0.3 is 0 Å². The first-order valence-electron chi connectivity index (χ1n) is 10.6. The van der Waals surface area contributed by atoms with Crippen LogP contribution in [0.3, 0.4) is 0 Å². The van der Waals surface area contributed by atoms with Crippen LogP contribution < -0.4 is 10.1 Å². The maximum absolute atomic E-state index is 14.2. The van der Waals surface area contributed by atoms with Crippen molar-refractivity contribution in [2.75, 3.05) is 5.32 Å². The van der Waals surface area contributed by atoms with E-state index in [1.807, 2.05) is 13.0 Å². The lowest BCUT2D eigenvalue weighted by molar-refractivity contribution is -0.139. The molecular formula is C26H22FN3O3. The first kappa shape index (κ1) is 22.0. The molecule has 2 amide bonds. The normalized spacial score (nSPS) is 15.1. The van der Waals surface area contributed by atoms with E-state index < -0.39 is 6.10 Å². The molecular weight excluding hydrogens is 421 g/mol. The van der Waals surface area contributed by atoms with Crippen LogP contribution in [0.15, 0.2) is 66.7 Å². The quantitative estimate of drug-likeness (QED) is 0.622. The summed E-state index contributed by atoms with van der Waals surface area (Å²) in [4.78, 5) is 27.2. The van der Waals surface area contributed by atoms with Crippen LogP contribution in [0.2, 0.25) is 0 Å². The molecule has 1 N–H and O–H groups in total. The highest BCUT2D eigenvalue weighted by Gasteiger charge is 2.30. The highest BCUT2D eigenvalue weighted by Crippen LogP contribution is 2.30. The van der Waals surface area contributed by atoms with Gasteiger partial charge in [0.15, 0.2) is 6.10 Å². The predicted molar refractivity (Wildman–Crippen MR) is 121 cm³/mol. The minimum Gasteiger partial charge on any atom is -0.480 e. The molecule has 1 aliphatic heterocycles. The lowest BCUT2D eigenvalue weighted by Gasteiger charge is -2.23. The van der Waals surface area contributed by atoms with E-state index in [4.69, 9.17) is 10.00 Å². The molecule has 3 aromatic rings. The molecule has 1 unspecified atom stereocenters. The number of rotatable bonds is 5. The van der Waals surface area contributed by atoms with Crippen LogP contribution in [0.25, 0.3) is 0 Å². The van der Waals surface area contributed by atoms with Gasteiger partial charge < -0.3 is 15.0 Å². The Morgan fingerprint density at radius 1 is 1.18 bits per heavy atom. The molecule has 1 atom stereocenters. The third-order valence-electron chi connectivity index (χ3n) is 5.50. The minimum absolute atomic E-state index is 0.118. The van der Waals surface area contributed by atoms with Gasteiger partial charge in [0.1, 0.15) is 11.6 Å². The van der Waals surface area contributed by atoms with Gasteiger partial charge in [-0.25, -0.2) is 4.39 Å². The van der Waals surface area contributed by atoms with E-state index in [0.29, 0.717) is 40.1 Å². The van der Waals surface area contributed by atoms with Crippen LogP contribution in [0, 0.1) is 17.1 Å². The third-order valence-corrected chi connectivity index (χ3v) is 5.50. The van der Waals surface area contributed by atoms with Gasteiger partial charge in [0.05, 0.1) is 11.6 Å². The summed E-state index contributed by atoms with van der Waals surface area (Å²) in [5, 5.41) is 11.7. The van der Waals surface area contributed by atoms with E-state index in [0.717, 1.165) is 0 Å². The average Bonchev–Trinajstić information content (AvgIpc) is 2.96. The second-order valence-corrected chi connectivity index (χ2v) is 7.77. The van der Waals surface area contributed by atoms with E-state index in [1.54, 1.807) is 65.6 Å². The number of carbonyl (C=O) groups excluding carboxylic acids is 2. The van der Waals surface area contributed by atoms with Gasteiger partial charge in [-0.05, 0) is 55.0 Å². The molecule has 6 nitrogen and oxygen atoms in total. The molecule has 1 aliphatic rings. The van der Waals surface area contributed by atoms with Crippen molar-refractivity contribution < 1.29 is 18.7 Å². The zero-order chi connectivity index (χ0) is 23.4. The van der Waals surface area contributed by atoms with Crippen LogP contribution >= 0.6 is 0 Å². The Morgan fingerprint density at radius 3 is 2.64 bits per heavy atom. The Bertz CT molecular complexity index is 1230. The second kappa shape index (κ2) is 9.53. The van der Waals surface area contributed by atoms with Crippen molar-refractivity contribution in [3.63, 3.8) is 0 Å². The number of carbonyl (C=O) groups is 2. The zero-order valence-corrected chi connectivity index (χ0v) is 18.0. The average molecular weight is 443 g/mol. The lowest BCUT2D eigenvalue weighted by atomic mass is 10.1.